The standard InChI is InChI=1S/C15H23NO3/c1-4-16-13(10-15-18-7-8-19-15)12-9-11(2)5-6-14(12)17-3/h5-6,9,13,15-16H,4,7-8,10H2,1-3H3. The number of nitrogens with one attached hydrogen (secondary N) is 1. The molecule has 0 aliphatic carbocycles. The second kappa shape index (κ2) is 6.89. The number of benzene rings is 1. The van der Waals surface area contributed by atoms with Crippen LogP contribution < -0.4 is 10.1 Å². The maximum atomic E-state index is 5.55. The Labute approximate surface area is 115 Å². The van der Waals surface area contributed by atoms with Crippen molar-refractivity contribution < 1.29 is 14.2 Å². The first-order valence-electron chi connectivity index (χ1n) is 6.85. The lowest BCUT2D eigenvalue weighted by Gasteiger charge is -2.23. The molecule has 2 rings (SSSR count). The van der Waals surface area contributed by atoms with Gasteiger partial charge in [-0.2, -0.15) is 0 Å². The molecular formula is C15H23NO3. The maximum absolute atomic E-state index is 5.55. The molecule has 1 aromatic carbocycles. The number of hydrogen-bond donors (Lipinski definition) is 1. The monoisotopic (exact) mass is 265 g/mol. The van der Waals surface area contributed by atoms with Crippen LogP contribution in [-0.4, -0.2) is 33.2 Å². The van der Waals surface area contributed by atoms with E-state index in [1.807, 2.05) is 6.07 Å². The van der Waals surface area contributed by atoms with Gasteiger partial charge in [0.15, 0.2) is 6.29 Å². The quantitative estimate of drug-likeness (QED) is 0.857. The summed E-state index contributed by atoms with van der Waals surface area (Å²) in [6.45, 7) is 6.47. The zero-order valence-corrected chi connectivity index (χ0v) is 11.9. The lowest BCUT2D eigenvalue weighted by atomic mass is 10.00. The highest BCUT2D eigenvalue weighted by Gasteiger charge is 2.24. The van der Waals surface area contributed by atoms with Gasteiger partial charge in [-0.05, 0) is 19.5 Å². The van der Waals surface area contributed by atoms with Crippen molar-refractivity contribution in [3.05, 3.63) is 29.3 Å². The molecule has 1 aliphatic heterocycles. The van der Waals surface area contributed by atoms with Crippen LogP contribution in [0, 0.1) is 6.92 Å². The molecule has 0 bridgehead atoms. The summed E-state index contributed by atoms with van der Waals surface area (Å²) >= 11 is 0. The van der Waals surface area contributed by atoms with Crippen LogP contribution >= 0.6 is 0 Å². The van der Waals surface area contributed by atoms with E-state index in [2.05, 4.69) is 31.3 Å². The second-order valence-electron chi connectivity index (χ2n) is 4.76. The van der Waals surface area contributed by atoms with Gasteiger partial charge in [0.2, 0.25) is 0 Å². The summed E-state index contributed by atoms with van der Waals surface area (Å²) in [4.78, 5) is 0. The minimum Gasteiger partial charge on any atom is -0.496 e. The minimum atomic E-state index is -0.116. The van der Waals surface area contributed by atoms with Crippen molar-refractivity contribution in [2.75, 3.05) is 26.9 Å². The Morgan fingerprint density at radius 2 is 2.11 bits per heavy atom. The van der Waals surface area contributed by atoms with Crippen LogP contribution in [0.25, 0.3) is 0 Å². The third-order valence-electron chi connectivity index (χ3n) is 3.33. The lowest BCUT2D eigenvalue weighted by molar-refractivity contribution is -0.0530. The van der Waals surface area contributed by atoms with Crippen molar-refractivity contribution in [3.63, 3.8) is 0 Å². The summed E-state index contributed by atoms with van der Waals surface area (Å²) in [5, 5.41) is 3.49. The van der Waals surface area contributed by atoms with Crippen LogP contribution in [0.5, 0.6) is 5.75 Å². The molecule has 1 unspecified atom stereocenters. The average Bonchev–Trinajstić information content (AvgIpc) is 2.91. The molecule has 1 saturated heterocycles. The number of ether oxygens (including phenoxy) is 3. The molecule has 19 heavy (non-hydrogen) atoms. The molecule has 0 aromatic heterocycles. The highest BCUT2D eigenvalue weighted by Crippen LogP contribution is 2.30. The van der Waals surface area contributed by atoms with Crippen molar-refractivity contribution in [1.29, 1.82) is 0 Å². The van der Waals surface area contributed by atoms with E-state index >= 15 is 0 Å². The lowest BCUT2D eigenvalue weighted by Crippen LogP contribution is -2.26. The second-order valence-corrected chi connectivity index (χ2v) is 4.76. The van der Waals surface area contributed by atoms with Crippen LogP contribution in [0.2, 0.25) is 0 Å². The maximum Gasteiger partial charge on any atom is 0.159 e. The predicted octanol–water partition coefficient (Wildman–Crippen LogP) is 2.42. The van der Waals surface area contributed by atoms with E-state index in [1.54, 1.807) is 7.11 Å². The molecule has 0 amide bonds. The van der Waals surface area contributed by atoms with Crippen molar-refractivity contribution in [3.8, 4) is 5.75 Å². The molecule has 1 aliphatic rings. The Morgan fingerprint density at radius 3 is 2.74 bits per heavy atom. The molecule has 1 heterocycles. The molecule has 1 N–H and O–H groups in total. The van der Waals surface area contributed by atoms with E-state index in [0.717, 1.165) is 18.7 Å². The SMILES string of the molecule is CCNC(CC1OCCO1)c1cc(C)ccc1OC. The van der Waals surface area contributed by atoms with Gasteiger partial charge in [-0.1, -0.05) is 24.6 Å². The Morgan fingerprint density at radius 1 is 1.37 bits per heavy atom. The fourth-order valence-corrected chi connectivity index (χ4v) is 2.43. The van der Waals surface area contributed by atoms with Gasteiger partial charge in [0.05, 0.1) is 20.3 Å². The number of methoxy groups -OCH3 is 1. The molecule has 0 radical (unpaired) electrons. The molecule has 4 nitrogen and oxygen atoms in total. The first kappa shape index (κ1) is 14.3. The van der Waals surface area contributed by atoms with Crippen LogP contribution in [-0.2, 0) is 9.47 Å². The highest BCUT2D eigenvalue weighted by atomic mass is 16.7. The van der Waals surface area contributed by atoms with Gasteiger partial charge in [0.25, 0.3) is 0 Å². The van der Waals surface area contributed by atoms with Crippen LogP contribution in [0.1, 0.15) is 30.5 Å². The summed E-state index contributed by atoms with van der Waals surface area (Å²) in [6.07, 6.45) is 0.683. The third kappa shape index (κ3) is 3.69. The Balaban J connectivity index is 2.18. The number of rotatable bonds is 6. The summed E-state index contributed by atoms with van der Waals surface area (Å²) in [6, 6.07) is 6.43. The van der Waals surface area contributed by atoms with E-state index in [9.17, 15) is 0 Å². The highest BCUT2D eigenvalue weighted by molar-refractivity contribution is 5.39. The Bertz CT molecular complexity index is 402. The minimum absolute atomic E-state index is 0.116. The largest absolute Gasteiger partial charge is 0.496 e. The van der Waals surface area contributed by atoms with Gasteiger partial charge in [-0.15, -0.1) is 0 Å². The van der Waals surface area contributed by atoms with E-state index < -0.39 is 0 Å². The third-order valence-corrected chi connectivity index (χ3v) is 3.33. The molecule has 1 aromatic rings. The molecule has 1 fully saturated rings. The normalized spacial score (nSPS) is 17.6. The van der Waals surface area contributed by atoms with Gasteiger partial charge in [-0.3, -0.25) is 0 Å². The van der Waals surface area contributed by atoms with E-state index in [1.165, 1.54) is 11.1 Å². The van der Waals surface area contributed by atoms with Crippen LogP contribution in [0.3, 0.4) is 0 Å². The van der Waals surface area contributed by atoms with E-state index in [-0.39, 0.29) is 12.3 Å². The molecule has 106 valence electrons. The average molecular weight is 265 g/mol. The van der Waals surface area contributed by atoms with Gasteiger partial charge < -0.3 is 19.5 Å². The molecule has 4 heteroatoms. The molecular weight excluding hydrogens is 242 g/mol. The Kier molecular flexibility index (Phi) is 5.19. The molecule has 0 saturated carbocycles. The smallest absolute Gasteiger partial charge is 0.159 e. The van der Waals surface area contributed by atoms with Crippen molar-refractivity contribution in [1.82, 2.24) is 5.32 Å². The summed E-state index contributed by atoms with van der Waals surface area (Å²) in [5.74, 6) is 0.912. The van der Waals surface area contributed by atoms with Gasteiger partial charge >= 0.3 is 0 Å². The first-order chi connectivity index (χ1) is 9.24. The van der Waals surface area contributed by atoms with Crippen molar-refractivity contribution in [2.24, 2.45) is 0 Å². The Hall–Kier alpha value is -1.10. The predicted molar refractivity (Wildman–Crippen MR) is 74.5 cm³/mol. The van der Waals surface area contributed by atoms with Gasteiger partial charge in [-0.25, -0.2) is 0 Å². The zero-order chi connectivity index (χ0) is 13.7. The number of aryl methyl sites for hydroxylation is 1. The molecule has 0 spiro atoms. The topological polar surface area (TPSA) is 39.7 Å². The van der Waals surface area contributed by atoms with Crippen molar-refractivity contribution in [2.45, 2.75) is 32.6 Å². The summed E-state index contributed by atoms with van der Waals surface area (Å²) in [7, 11) is 1.71. The fourth-order valence-electron chi connectivity index (χ4n) is 2.43. The van der Waals surface area contributed by atoms with E-state index in [4.69, 9.17) is 14.2 Å². The van der Waals surface area contributed by atoms with Crippen LogP contribution in [0.4, 0.5) is 0 Å². The van der Waals surface area contributed by atoms with Crippen LogP contribution in [0.15, 0.2) is 18.2 Å². The fraction of sp³-hybridized carbons (Fsp3) is 0.600. The summed E-state index contributed by atoms with van der Waals surface area (Å²) < 4.78 is 16.6. The van der Waals surface area contributed by atoms with Gasteiger partial charge in [0.1, 0.15) is 5.75 Å². The van der Waals surface area contributed by atoms with E-state index in [0.29, 0.717) is 13.2 Å². The number of hydrogen-bond acceptors (Lipinski definition) is 4. The van der Waals surface area contributed by atoms with Gasteiger partial charge in [0, 0.05) is 18.0 Å². The molecule has 1 atom stereocenters. The van der Waals surface area contributed by atoms with Crippen molar-refractivity contribution >= 4 is 0 Å². The first-order valence-corrected chi connectivity index (χ1v) is 6.85. The summed E-state index contributed by atoms with van der Waals surface area (Å²) in [5.41, 5.74) is 2.40. The zero-order valence-electron chi connectivity index (χ0n) is 11.9.